The van der Waals surface area contributed by atoms with E-state index in [1.165, 1.54) is 0 Å². The fourth-order valence-electron chi connectivity index (χ4n) is 2.53. The topological polar surface area (TPSA) is 53.4 Å². The van der Waals surface area contributed by atoms with Crippen LogP contribution in [0.4, 0.5) is 0 Å². The Labute approximate surface area is 130 Å². The van der Waals surface area contributed by atoms with E-state index in [0.717, 1.165) is 29.7 Å². The van der Waals surface area contributed by atoms with Crippen molar-refractivity contribution in [3.8, 4) is 5.75 Å². The van der Waals surface area contributed by atoms with Crippen molar-refractivity contribution in [1.82, 2.24) is 9.88 Å². The Kier molecular flexibility index (Phi) is 3.84. The third-order valence-electron chi connectivity index (χ3n) is 4.10. The minimum absolute atomic E-state index is 0.0152. The van der Waals surface area contributed by atoms with E-state index in [2.05, 4.69) is 4.98 Å². The van der Waals surface area contributed by atoms with Crippen LogP contribution in [0.25, 0.3) is 0 Å². The summed E-state index contributed by atoms with van der Waals surface area (Å²) in [5.74, 6) is 0.245. The lowest BCUT2D eigenvalue weighted by Gasteiger charge is -2.23. The smallest absolute Gasteiger partial charge is 0.255 e. The van der Waals surface area contributed by atoms with Gasteiger partial charge in [-0.15, -0.1) is 0 Å². The fourth-order valence-corrected chi connectivity index (χ4v) is 2.53. The van der Waals surface area contributed by atoms with Crippen molar-refractivity contribution < 1.29 is 9.90 Å². The molecule has 1 aliphatic rings. The Morgan fingerprint density at radius 1 is 1.32 bits per heavy atom. The highest BCUT2D eigenvalue weighted by atomic mass is 16.3. The van der Waals surface area contributed by atoms with Crippen molar-refractivity contribution in [2.45, 2.75) is 39.3 Å². The molecule has 1 amide bonds. The van der Waals surface area contributed by atoms with Crippen LogP contribution in [0.15, 0.2) is 36.5 Å². The summed E-state index contributed by atoms with van der Waals surface area (Å²) in [5, 5.41) is 9.59. The maximum Gasteiger partial charge on any atom is 0.255 e. The SMILES string of the molecule is Cc1cc(C(=O)N(Cc2cccc(O)c2)C2CC2)cnc1C. The third kappa shape index (κ3) is 3.11. The molecule has 22 heavy (non-hydrogen) atoms. The second-order valence-corrected chi connectivity index (χ2v) is 5.96. The van der Waals surface area contributed by atoms with Gasteiger partial charge in [0.15, 0.2) is 0 Å². The molecule has 0 spiro atoms. The van der Waals surface area contributed by atoms with Gasteiger partial charge in [-0.2, -0.15) is 0 Å². The van der Waals surface area contributed by atoms with Crippen LogP contribution in [-0.2, 0) is 6.54 Å². The zero-order valence-electron chi connectivity index (χ0n) is 12.9. The molecule has 2 aromatic rings. The lowest BCUT2D eigenvalue weighted by Crippen LogP contribution is -2.32. The number of rotatable bonds is 4. The van der Waals surface area contributed by atoms with Crippen LogP contribution in [0.1, 0.15) is 40.0 Å². The normalized spacial score (nSPS) is 13.9. The van der Waals surface area contributed by atoms with Gasteiger partial charge in [0.25, 0.3) is 5.91 Å². The van der Waals surface area contributed by atoms with Crippen LogP contribution in [0.2, 0.25) is 0 Å². The molecule has 114 valence electrons. The lowest BCUT2D eigenvalue weighted by atomic mass is 10.1. The Hall–Kier alpha value is -2.36. The minimum atomic E-state index is 0.0152. The molecule has 1 aromatic carbocycles. The summed E-state index contributed by atoms with van der Waals surface area (Å²) in [4.78, 5) is 19.0. The maximum atomic E-state index is 12.8. The summed E-state index contributed by atoms with van der Waals surface area (Å²) >= 11 is 0. The molecule has 1 aliphatic carbocycles. The first-order valence-electron chi connectivity index (χ1n) is 7.57. The first kappa shape index (κ1) is 14.6. The number of hydrogen-bond donors (Lipinski definition) is 1. The Balaban J connectivity index is 1.84. The summed E-state index contributed by atoms with van der Waals surface area (Å²) in [5.41, 5.74) is 3.55. The first-order chi connectivity index (χ1) is 10.5. The third-order valence-corrected chi connectivity index (χ3v) is 4.10. The maximum absolute atomic E-state index is 12.8. The van der Waals surface area contributed by atoms with Crippen molar-refractivity contribution in [2.75, 3.05) is 0 Å². The standard InChI is InChI=1S/C18H20N2O2/c1-12-8-15(10-19-13(12)2)18(22)20(16-6-7-16)11-14-4-3-5-17(21)9-14/h3-5,8-10,16,21H,6-7,11H2,1-2H3. The Morgan fingerprint density at radius 2 is 2.09 bits per heavy atom. The molecule has 4 nitrogen and oxygen atoms in total. The number of hydrogen-bond acceptors (Lipinski definition) is 3. The quantitative estimate of drug-likeness (QED) is 0.942. The number of pyridine rings is 1. The monoisotopic (exact) mass is 296 g/mol. The van der Waals surface area contributed by atoms with E-state index in [9.17, 15) is 9.90 Å². The number of nitrogens with zero attached hydrogens (tertiary/aromatic N) is 2. The van der Waals surface area contributed by atoms with Crippen LogP contribution in [0.3, 0.4) is 0 Å². The van der Waals surface area contributed by atoms with Crippen LogP contribution in [0.5, 0.6) is 5.75 Å². The van der Waals surface area contributed by atoms with Crippen LogP contribution >= 0.6 is 0 Å². The second kappa shape index (κ2) is 5.79. The van der Waals surface area contributed by atoms with Crippen molar-refractivity contribution in [3.63, 3.8) is 0 Å². The zero-order chi connectivity index (χ0) is 15.7. The van der Waals surface area contributed by atoms with Crippen LogP contribution in [0, 0.1) is 13.8 Å². The van der Waals surface area contributed by atoms with Gasteiger partial charge in [0.2, 0.25) is 0 Å². The summed E-state index contributed by atoms with van der Waals surface area (Å²) in [6, 6.07) is 9.29. The number of carbonyl (C=O) groups excluding carboxylic acids is 1. The minimum Gasteiger partial charge on any atom is -0.508 e. The number of benzene rings is 1. The highest BCUT2D eigenvalue weighted by molar-refractivity contribution is 5.94. The van der Waals surface area contributed by atoms with Crippen LogP contribution < -0.4 is 0 Å². The van der Waals surface area contributed by atoms with Crippen molar-refractivity contribution >= 4 is 5.91 Å². The van der Waals surface area contributed by atoms with Gasteiger partial charge in [0, 0.05) is 24.5 Å². The predicted octanol–water partition coefficient (Wildman–Crippen LogP) is 3.21. The highest BCUT2D eigenvalue weighted by Gasteiger charge is 2.33. The molecule has 0 saturated heterocycles. The molecule has 0 aliphatic heterocycles. The van der Waals surface area contributed by atoms with Gasteiger partial charge < -0.3 is 10.0 Å². The number of carbonyl (C=O) groups is 1. The van der Waals surface area contributed by atoms with E-state index in [4.69, 9.17) is 0 Å². The molecular weight excluding hydrogens is 276 g/mol. The number of phenolic OH excluding ortho intramolecular Hbond substituents is 1. The first-order valence-corrected chi connectivity index (χ1v) is 7.57. The Morgan fingerprint density at radius 3 is 2.73 bits per heavy atom. The summed E-state index contributed by atoms with van der Waals surface area (Å²) in [7, 11) is 0. The average Bonchev–Trinajstić information content (AvgIpc) is 3.32. The number of amides is 1. The van der Waals surface area contributed by atoms with E-state index in [-0.39, 0.29) is 11.7 Å². The molecule has 0 bridgehead atoms. The van der Waals surface area contributed by atoms with Gasteiger partial charge in [-0.1, -0.05) is 12.1 Å². The van der Waals surface area contributed by atoms with Gasteiger partial charge in [0.05, 0.1) is 5.56 Å². The second-order valence-electron chi connectivity index (χ2n) is 5.96. The number of aryl methyl sites for hydroxylation is 2. The molecule has 1 aromatic heterocycles. The van der Waals surface area contributed by atoms with Crippen LogP contribution in [-0.4, -0.2) is 26.9 Å². The van der Waals surface area contributed by atoms with Crippen molar-refractivity contribution in [1.29, 1.82) is 0 Å². The number of phenols is 1. The molecule has 4 heteroatoms. The molecule has 0 radical (unpaired) electrons. The summed E-state index contributed by atoms with van der Waals surface area (Å²) in [6.07, 6.45) is 3.74. The molecule has 3 rings (SSSR count). The Bertz CT molecular complexity index is 708. The molecule has 1 fully saturated rings. The van der Waals surface area contributed by atoms with E-state index in [0.29, 0.717) is 18.2 Å². The lowest BCUT2D eigenvalue weighted by molar-refractivity contribution is 0.0729. The largest absolute Gasteiger partial charge is 0.508 e. The van der Waals surface area contributed by atoms with Gasteiger partial charge in [-0.3, -0.25) is 9.78 Å². The molecule has 0 atom stereocenters. The van der Waals surface area contributed by atoms with Crippen molar-refractivity contribution in [2.24, 2.45) is 0 Å². The fraction of sp³-hybridized carbons (Fsp3) is 0.333. The van der Waals surface area contributed by atoms with Gasteiger partial charge in [-0.25, -0.2) is 0 Å². The molecular formula is C18H20N2O2. The molecule has 0 unspecified atom stereocenters. The zero-order valence-corrected chi connectivity index (χ0v) is 12.9. The van der Waals surface area contributed by atoms with E-state index in [1.807, 2.05) is 30.9 Å². The number of aromatic nitrogens is 1. The molecule has 1 heterocycles. The van der Waals surface area contributed by atoms with Gasteiger partial charge in [-0.05, 0) is 56.0 Å². The predicted molar refractivity (Wildman–Crippen MR) is 84.7 cm³/mol. The summed E-state index contributed by atoms with van der Waals surface area (Å²) < 4.78 is 0. The van der Waals surface area contributed by atoms with E-state index in [1.54, 1.807) is 24.4 Å². The average molecular weight is 296 g/mol. The van der Waals surface area contributed by atoms with Gasteiger partial charge >= 0.3 is 0 Å². The van der Waals surface area contributed by atoms with Crippen molar-refractivity contribution in [3.05, 3.63) is 58.9 Å². The number of aromatic hydroxyl groups is 1. The molecule has 1 N–H and O–H groups in total. The highest BCUT2D eigenvalue weighted by Crippen LogP contribution is 2.30. The summed E-state index contributed by atoms with van der Waals surface area (Å²) in [6.45, 7) is 4.43. The molecule has 1 saturated carbocycles. The van der Waals surface area contributed by atoms with E-state index >= 15 is 0 Å². The van der Waals surface area contributed by atoms with E-state index < -0.39 is 0 Å². The van der Waals surface area contributed by atoms with Gasteiger partial charge in [0.1, 0.15) is 5.75 Å².